The van der Waals surface area contributed by atoms with E-state index in [9.17, 15) is 0 Å². The lowest BCUT2D eigenvalue weighted by atomic mass is 10.1. The summed E-state index contributed by atoms with van der Waals surface area (Å²) in [5.41, 5.74) is 7.61. The third-order valence-corrected chi connectivity index (χ3v) is 2.90. The number of hydrogen-bond acceptors (Lipinski definition) is 3. The second-order valence-corrected chi connectivity index (χ2v) is 4.88. The molecule has 2 N–H and O–H groups in total. The van der Waals surface area contributed by atoms with Crippen molar-refractivity contribution in [2.24, 2.45) is 0 Å². The molecule has 1 atom stereocenters. The number of hydrogen-bond donors (Lipinski definition) is 1. The second kappa shape index (κ2) is 3.44. The predicted molar refractivity (Wildman–Crippen MR) is 58.7 cm³/mol. The van der Waals surface area contributed by atoms with Gasteiger partial charge in [-0.2, -0.15) is 0 Å². The van der Waals surface area contributed by atoms with E-state index in [1.165, 1.54) is 0 Å². The van der Waals surface area contributed by atoms with Crippen molar-refractivity contribution in [2.75, 3.05) is 19.5 Å². The summed E-state index contributed by atoms with van der Waals surface area (Å²) in [5.74, 6) is 0.779. The van der Waals surface area contributed by atoms with Gasteiger partial charge in [0.15, 0.2) is 4.51 Å². The van der Waals surface area contributed by atoms with E-state index in [1.807, 2.05) is 18.2 Å². The zero-order chi connectivity index (χ0) is 10.2. The van der Waals surface area contributed by atoms with Crippen molar-refractivity contribution in [1.29, 1.82) is 0 Å². The van der Waals surface area contributed by atoms with E-state index >= 15 is 0 Å². The Bertz CT molecular complexity index is 356. The van der Waals surface area contributed by atoms with E-state index < -0.39 is 4.51 Å². The Morgan fingerprint density at radius 3 is 3.07 bits per heavy atom. The lowest BCUT2D eigenvalue weighted by molar-refractivity contribution is 0.0775. The molecule has 3 nitrogen and oxygen atoms in total. The van der Waals surface area contributed by atoms with E-state index in [0.29, 0.717) is 12.3 Å². The van der Waals surface area contributed by atoms with Crippen LogP contribution in [0.3, 0.4) is 0 Å². The number of nitrogen functional groups attached to an aromatic ring is 1. The highest BCUT2D eigenvalue weighted by atomic mass is 79.9. The molecule has 4 heteroatoms. The van der Waals surface area contributed by atoms with Crippen molar-refractivity contribution in [3.63, 3.8) is 0 Å². The van der Waals surface area contributed by atoms with Crippen LogP contribution in [0.2, 0.25) is 0 Å². The normalized spacial score (nSPS) is 24.4. The van der Waals surface area contributed by atoms with Crippen LogP contribution in [0.15, 0.2) is 18.2 Å². The third kappa shape index (κ3) is 1.60. The molecule has 1 heterocycles. The Kier molecular flexibility index (Phi) is 2.41. The number of fused-ring (bicyclic) bond motifs is 1. The van der Waals surface area contributed by atoms with Crippen LogP contribution in [0.5, 0.6) is 5.75 Å². The van der Waals surface area contributed by atoms with Gasteiger partial charge >= 0.3 is 0 Å². The third-order valence-electron chi connectivity index (χ3n) is 2.23. The summed E-state index contributed by atoms with van der Waals surface area (Å²) in [6, 6.07) is 5.79. The SMILES string of the molecule is COCC1(Br)Cc2cccc(N)c2O1. The molecule has 0 aliphatic carbocycles. The number of benzene rings is 1. The average Bonchev–Trinajstić information content (AvgIpc) is 2.44. The fourth-order valence-electron chi connectivity index (χ4n) is 1.67. The van der Waals surface area contributed by atoms with Gasteiger partial charge in [-0.25, -0.2) is 0 Å². The zero-order valence-corrected chi connectivity index (χ0v) is 9.50. The number of halogens is 1. The van der Waals surface area contributed by atoms with E-state index in [4.69, 9.17) is 15.2 Å². The topological polar surface area (TPSA) is 44.5 Å². The minimum absolute atomic E-state index is 0.445. The molecule has 1 aliphatic heterocycles. The van der Waals surface area contributed by atoms with Crippen LogP contribution in [0.1, 0.15) is 5.56 Å². The van der Waals surface area contributed by atoms with Crippen molar-refractivity contribution in [1.82, 2.24) is 0 Å². The first-order valence-electron chi connectivity index (χ1n) is 4.39. The lowest BCUT2D eigenvalue weighted by Gasteiger charge is -2.20. The Morgan fingerprint density at radius 1 is 1.64 bits per heavy atom. The second-order valence-electron chi connectivity index (χ2n) is 3.43. The number of alkyl halides is 1. The summed E-state index contributed by atoms with van der Waals surface area (Å²) < 4.78 is 10.4. The van der Waals surface area contributed by atoms with Gasteiger partial charge in [0.1, 0.15) is 5.75 Å². The maximum atomic E-state index is 5.80. The standard InChI is InChI=1S/C10H12BrNO2/c1-13-6-10(11)5-7-3-2-4-8(12)9(7)14-10/h2-4H,5-6,12H2,1H3. The van der Waals surface area contributed by atoms with E-state index in [2.05, 4.69) is 15.9 Å². The fourth-order valence-corrected chi connectivity index (χ4v) is 2.36. The largest absolute Gasteiger partial charge is 0.471 e. The summed E-state index contributed by atoms with van der Waals surface area (Å²) >= 11 is 3.52. The molecule has 1 unspecified atom stereocenters. The average molecular weight is 258 g/mol. The van der Waals surface area contributed by atoms with E-state index in [-0.39, 0.29) is 0 Å². The molecule has 0 saturated carbocycles. The Balaban J connectivity index is 2.29. The van der Waals surface area contributed by atoms with Crippen molar-refractivity contribution in [2.45, 2.75) is 10.9 Å². The van der Waals surface area contributed by atoms with E-state index in [0.717, 1.165) is 17.7 Å². The number of rotatable bonds is 2. The molecule has 0 spiro atoms. The molecule has 76 valence electrons. The zero-order valence-electron chi connectivity index (χ0n) is 7.92. The summed E-state index contributed by atoms with van der Waals surface area (Å²) in [4.78, 5) is 0. The van der Waals surface area contributed by atoms with Gasteiger partial charge in [0.05, 0.1) is 12.3 Å². The van der Waals surface area contributed by atoms with Gasteiger partial charge in [0.25, 0.3) is 0 Å². The quantitative estimate of drug-likeness (QED) is 0.651. The highest BCUT2D eigenvalue weighted by molar-refractivity contribution is 9.10. The minimum atomic E-state index is -0.445. The molecule has 1 aliphatic rings. The first-order chi connectivity index (χ1) is 6.64. The highest BCUT2D eigenvalue weighted by Crippen LogP contribution is 2.42. The van der Waals surface area contributed by atoms with Crippen LogP contribution in [0, 0.1) is 0 Å². The van der Waals surface area contributed by atoms with Gasteiger partial charge in [-0.15, -0.1) is 0 Å². The first-order valence-corrected chi connectivity index (χ1v) is 5.18. The first kappa shape index (κ1) is 9.80. The van der Waals surface area contributed by atoms with Crippen LogP contribution in [0.4, 0.5) is 5.69 Å². The molecule has 2 rings (SSSR count). The molecule has 1 aromatic rings. The van der Waals surface area contributed by atoms with Gasteiger partial charge < -0.3 is 15.2 Å². The van der Waals surface area contributed by atoms with Gasteiger partial charge in [0.2, 0.25) is 0 Å². The maximum absolute atomic E-state index is 5.80. The smallest absolute Gasteiger partial charge is 0.190 e. The minimum Gasteiger partial charge on any atom is -0.471 e. The molecule has 0 fully saturated rings. The molecule has 0 bridgehead atoms. The Labute approximate surface area is 91.3 Å². The van der Waals surface area contributed by atoms with Crippen molar-refractivity contribution in [3.8, 4) is 5.75 Å². The van der Waals surface area contributed by atoms with E-state index in [1.54, 1.807) is 7.11 Å². The Hall–Kier alpha value is -0.740. The maximum Gasteiger partial charge on any atom is 0.190 e. The number of nitrogens with two attached hydrogens (primary N) is 1. The van der Waals surface area contributed by atoms with Crippen LogP contribution in [0.25, 0.3) is 0 Å². The molecule has 1 aromatic carbocycles. The molecule has 0 radical (unpaired) electrons. The number of anilines is 1. The van der Waals surface area contributed by atoms with Crippen molar-refractivity contribution >= 4 is 21.6 Å². The van der Waals surface area contributed by atoms with Crippen molar-refractivity contribution < 1.29 is 9.47 Å². The molecular formula is C10H12BrNO2. The van der Waals surface area contributed by atoms with Crippen LogP contribution in [-0.4, -0.2) is 18.2 Å². The summed E-state index contributed by atoms with van der Waals surface area (Å²) in [5, 5.41) is 0. The molecular weight excluding hydrogens is 246 g/mol. The predicted octanol–water partition coefficient (Wildman–Crippen LogP) is 1.94. The number of para-hydroxylation sites is 1. The summed E-state index contributed by atoms with van der Waals surface area (Å²) in [6.45, 7) is 0.501. The summed E-state index contributed by atoms with van der Waals surface area (Å²) in [7, 11) is 1.65. The fraction of sp³-hybridized carbons (Fsp3) is 0.400. The Morgan fingerprint density at radius 2 is 2.43 bits per heavy atom. The monoisotopic (exact) mass is 257 g/mol. The van der Waals surface area contributed by atoms with Crippen LogP contribution < -0.4 is 10.5 Å². The molecule has 0 saturated heterocycles. The summed E-state index contributed by atoms with van der Waals surface area (Å²) in [6.07, 6.45) is 0.779. The molecule has 0 aromatic heterocycles. The van der Waals surface area contributed by atoms with Crippen molar-refractivity contribution in [3.05, 3.63) is 23.8 Å². The van der Waals surface area contributed by atoms with Crippen LogP contribution in [-0.2, 0) is 11.2 Å². The van der Waals surface area contributed by atoms with Gasteiger partial charge in [-0.3, -0.25) is 0 Å². The molecule has 0 amide bonds. The van der Waals surface area contributed by atoms with Gasteiger partial charge in [-0.1, -0.05) is 12.1 Å². The van der Waals surface area contributed by atoms with Gasteiger partial charge in [0, 0.05) is 19.1 Å². The van der Waals surface area contributed by atoms with Gasteiger partial charge in [-0.05, 0) is 22.0 Å². The number of ether oxygens (including phenoxy) is 2. The number of methoxy groups -OCH3 is 1. The molecule has 14 heavy (non-hydrogen) atoms. The van der Waals surface area contributed by atoms with Crippen LogP contribution >= 0.6 is 15.9 Å². The highest BCUT2D eigenvalue weighted by Gasteiger charge is 2.37. The lowest BCUT2D eigenvalue weighted by Crippen LogP contribution is -2.31.